The Hall–Kier alpha value is -1.92. The van der Waals surface area contributed by atoms with E-state index >= 15 is 0 Å². The number of nitrogens with zero attached hydrogens (tertiary/aromatic N) is 3. The van der Waals surface area contributed by atoms with Crippen LogP contribution in [-0.2, 0) is 19.6 Å². The Morgan fingerprint density at radius 2 is 2.18 bits per heavy atom. The van der Waals surface area contributed by atoms with E-state index in [9.17, 15) is 0 Å². The summed E-state index contributed by atoms with van der Waals surface area (Å²) in [5.74, 6) is 2.19. The zero-order chi connectivity index (χ0) is 15.5. The topological polar surface area (TPSA) is 74.4 Å². The van der Waals surface area contributed by atoms with E-state index in [1.165, 1.54) is 5.56 Å². The Bertz CT molecular complexity index is 639. The number of fused-ring (bicyclic) bond motifs is 1. The predicted octanol–water partition coefficient (Wildman–Crippen LogP) is 1.80. The number of hydrogen-bond acceptors (Lipinski definition) is 6. The fraction of sp³-hybridized carbons (Fsp3) is 0.500. The maximum Gasteiger partial charge on any atom is 0.225 e. The van der Waals surface area contributed by atoms with Crippen molar-refractivity contribution in [1.82, 2.24) is 15.3 Å². The predicted molar refractivity (Wildman–Crippen MR) is 83.5 cm³/mol. The molecule has 0 amide bonds. The molecule has 2 heterocycles. The van der Waals surface area contributed by atoms with Crippen molar-refractivity contribution in [2.75, 3.05) is 19.0 Å². The molecule has 1 aliphatic carbocycles. The molecule has 118 valence electrons. The second-order valence-electron chi connectivity index (χ2n) is 5.82. The van der Waals surface area contributed by atoms with Gasteiger partial charge in [-0.3, -0.25) is 0 Å². The van der Waals surface area contributed by atoms with Crippen LogP contribution >= 0.6 is 0 Å². The molecule has 6 heteroatoms. The molecule has 0 saturated carbocycles. The van der Waals surface area contributed by atoms with Gasteiger partial charge in [0.1, 0.15) is 18.1 Å². The van der Waals surface area contributed by atoms with Crippen LogP contribution in [0.2, 0.25) is 0 Å². The molecule has 0 radical (unpaired) electrons. The molecule has 0 bridgehead atoms. The van der Waals surface area contributed by atoms with Gasteiger partial charge in [-0.25, -0.2) is 9.97 Å². The van der Waals surface area contributed by atoms with Gasteiger partial charge in [-0.1, -0.05) is 0 Å². The number of aliphatic hydroxyl groups excluding tert-OH is 1. The van der Waals surface area contributed by atoms with Gasteiger partial charge in [-0.2, -0.15) is 0 Å². The van der Waals surface area contributed by atoms with E-state index in [0.29, 0.717) is 12.3 Å². The lowest BCUT2D eigenvalue weighted by Gasteiger charge is -2.26. The van der Waals surface area contributed by atoms with Crippen LogP contribution in [0, 0.1) is 0 Å². The van der Waals surface area contributed by atoms with Crippen molar-refractivity contribution in [3.05, 3.63) is 41.1 Å². The van der Waals surface area contributed by atoms with Crippen molar-refractivity contribution >= 4 is 5.95 Å². The van der Waals surface area contributed by atoms with E-state index in [-0.39, 0.29) is 12.6 Å². The highest BCUT2D eigenvalue weighted by Gasteiger charge is 2.22. The average Bonchev–Trinajstić information content (AvgIpc) is 3.00. The number of nitrogens with one attached hydrogen (secondary N) is 1. The summed E-state index contributed by atoms with van der Waals surface area (Å²) in [6, 6.07) is 3.95. The minimum atomic E-state index is -0.0621. The van der Waals surface area contributed by atoms with E-state index < -0.39 is 0 Å². The maximum atomic E-state index is 9.03. The Morgan fingerprint density at radius 3 is 2.91 bits per heavy atom. The fourth-order valence-corrected chi connectivity index (χ4v) is 2.79. The highest BCUT2D eigenvalue weighted by molar-refractivity contribution is 5.34. The summed E-state index contributed by atoms with van der Waals surface area (Å²) < 4.78 is 5.51. The molecule has 2 N–H and O–H groups in total. The summed E-state index contributed by atoms with van der Waals surface area (Å²) in [6.07, 6.45) is 5.14. The van der Waals surface area contributed by atoms with E-state index in [0.717, 1.165) is 36.7 Å². The van der Waals surface area contributed by atoms with Crippen molar-refractivity contribution in [2.45, 2.75) is 38.5 Å². The summed E-state index contributed by atoms with van der Waals surface area (Å²) in [6.45, 7) is 0.576. The number of anilines is 1. The van der Waals surface area contributed by atoms with Crippen LogP contribution in [-0.4, -0.2) is 29.2 Å². The SMILES string of the molecule is CN(C)c1ncc2c(n1)CCC[C@H]2NCc1ccc(CO)o1. The standard InChI is InChI=1S/C16H22N4O2/c1-20(2)16-18-9-13-14(4-3-5-15(13)19-16)17-8-11-6-7-12(10-21)22-11/h6-7,9,14,17,21H,3-5,8,10H2,1-2H3/t14-/m1/s1. The normalized spacial score (nSPS) is 17.3. The molecule has 0 unspecified atom stereocenters. The average molecular weight is 302 g/mol. The molecule has 3 rings (SSSR count). The molecule has 22 heavy (non-hydrogen) atoms. The number of aryl methyl sites for hydroxylation is 1. The Labute approximate surface area is 130 Å². The van der Waals surface area contributed by atoms with Crippen molar-refractivity contribution < 1.29 is 9.52 Å². The minimum absolute atomic E-state index is 0.0621. The van der Waals surface area contributed by atoms with Crippen LogP contribution in [0.1, 0.15) is 41.7 Å². The van der Waals surface area contributed by atoms with Gasteiger partial charge in [0.05, 0.1) is 12.2 Å². The Morgan fingerprint density at radius 1 is 1.36 bits per heavy atom. The number of hydrogen-bond donors (Lipinski definition) is 2. The van der Waals surface area contributed by atoms with Crippen molar-refractivity contribution in [1.29, 1.82) is 0 Å². The minimum Gasteiger partial charge on any atom is -0.462 e. The first-order valence-corrected chi connectivity index (χ1v) is 7.62. The number of rotatable bonds is 5. The van der Waals surface area contributed by atoms with Crippen LogP contribution in [0.3, 0.4) is 0 Å². The first-order valence-electron chi connectivity index (χ1n) is 7.62. The van der Waals surface area contributed by atoms with Gasteiger partial charge in [0.15, 0.2) is 0 Å². The monoisotopic (exact) mass is 302 g/mol. The molecule has 0 spiro atoms. The smallest absolute Gasteiger partial charge is 0.225 e. The Kier molecular flexibility index (Phi) is 4.40. The molecule has 6 nitrogen and oxygen atoms in total. The number of aromatic nitrogens is 2. The summed E-state index contributed by atoms with van der Waals surface area (Å²) in [4.78, 5) is 11.0. The first-order chi connectivity index (χ1) is 10.7. The molecule has 2 aromatic heterocycles. The number of aliphatic hydroxyl groups is 1. The third-order valence-electron chi connectivity index (χ3n) is 3.96. The van der Waals surface area contributed by atoms with Gasteiger partial charge >= 0.3 is 0 Å². The summed E-state index contributed by atoms with van der Waals surface area (Å²) in [7, 11) is 3.91. The van der Waals surface area contributed by atoms with Crippen LogP contribution < -0.4 is 10.2 Å². The lowest BCUT2D eigenvalue weighted by molar-refractivity contribution is 0.242. The van der Waals surface area contributed by atoms with Crippen LogP contribution in [0.5, 0.6) is 0 Å². The van der Waals surface area contributed by atoms with Crippen LogP contribution in [0.15, 0.2) is 22.7 Å². The zero-order valence-corrected chi connectivity index (χ0v) is 13.0. The molecular formula is C16H22N4O2. The van der Waals surface area contributed by atoms with Gasteiger partial charge in [0, 0.05) is 31.9 Å². The lowest BCUT2D eigenvalue weighted by Crippen LogP contribution is -2.26. The van der Waals surface area contributed by atoms with E-state index in [2.05, 4.69) is 15.3 Å². The van der Waals surface area contributed by atoms with Gasteiger partial charge in [-0.05, 0) is 31.4 Å². The zero-order valence-electron chi connectivity index (χ0n) is 13.0. The second-order valence-corrected chi connectivity index (χ2v) is 5.82. The molecule has 0 fully saturated rings. The molecule has 1 aliphatic rings. The highest BCUT2D eigenvalue weighted by Crippen LogP contribution is 2.29. The van der Waals surface area contributed by atoms with Crippen LogP contribution in [0.25, 0.3) is 0 Å². The van der Waals surface area contributed by atoms with Gasteiger partial charge < -0.3 is 19.7 Å². The Balaban J connectivity index is 1.71. The quantitative estimate of drug-likeness (QED) is 0.877. The van der Waals surface area contributed by atoms with E-state index in [1.54, 1.807) is 6.07 Å². The van der Waals surface area contributed by atoms with E-state index in [4.69, 9.17) is 9.52 Å². The molecule has 0 saturated heterocycles. The lowest BCUT2D eigenvalue weighted by atomic mass is 9.92. The first kappa shape index (κ1) is 15.0. The summed E-state index contributed by atoms with van der Waals surface area (Å²) >= 11 is 0. The van der Waals surface area contributed by atoms with Gasteiger partial charge in [0.25, 0.3) is 0 Å². The van der Waals surface area contributed by atoms with Gasteiger partial charge in [-0.15, -0.1) is 0 Å². The second kappa shape index (κ2) is 6.46. The largest absolute Gasteiger partial charge is 0.462 e. The van der Waals surface area contributed by atoms with Crippen molar-refractivity contribution in [3.8, 4) is 0 Å². The molecule has 0 aromatic carbocycles. The summed E-state index contributed by atoms with van der Waals surface area (Å²) in [5, 5.41) is 12.5. The number of furan rings is 1. The third kappa shape index (κ3) is 3.13. The fourth-order valence-electron chi connectivity index (χ4n) is 2.79. The summed E-state index contributed by atoms with van der Waals surface area (Å²) in [5.41, 5.74) is 2.32. The van der Waals surface area contributed by atoms with Crippen LogP contribution in [0.4, 0.5) is 5.95 Å². The highest BCUT2D eigenvalue weighted by atomic mass is 16.4. The molecule has 0 aliphatic heterocycles. The van der Waals surface area contributed by atoms with Crippen molar-refractivity contribution in [2.24, 2.45) is 0 Å². The molecular weight excluding hydrogens is 280 g/mol. The molecule has 1 atom stereocenters. The van der Waals surface area contributed by atoms with Gasteiger partial charge in [0.2, 0.25) is 5.95 Å². The van der Waals surface area contributed by atoms with Crippen molar-refractivity contribution in [3.63, 3.8) is 0 Å². The third-order valence-corrected chi connectivity index (χ3v) is 3.96. The maximum absolute atomic E-state index is 9.03. The molecule has 2 aromatic rings. The van der Waals surface area contributed by atoms with E-state index in [1.807, 2.05) is 31.3 Å².